The molecule has 0 amide bonds. The SMILES string of the molecule is COc1ccc2c(c1)C(CN)N(Cc1ccccc1)C2. The van der Waals surface area contributed by atoms with Gasteiger partial charge in [-0.05, 0) is 28.8 Å². The van der Waals surface area contributed by atoms with Crippen molar-refractivity contribution in [1.29, 1.82) is 0 Å². The molecule has 3 heteroatoms. The van der Waals surface area contributed by atoms with Crippen LogP contribution in [0, 0.1) is 0 Å². The molecule has 1 heterocycles. The zero-order valence-corrected chi connectivity index (χ0v) is 11.8. The molecule has 2 aromatic rings. The Labute approximate surface area is 120 Å². The molecule has 1 aliphatic rings. The van der Waals surface area contributed by atoms with Gasteiger partial charge >= 0.3 is 0 Å². The molecule has 2 aromatic carbocycles. The summed E-state index contributed by atoms with van der Waals surface area (Å²) in [6.45, 7) is 2.52. The van der Waals surface area contributed by atoms with E-state index >= 15 is 0 Å². The van der Waals surface area contributed by atoms with Crippen LogP contribution in [-0.2, 0) is 13.1 Å². The average Bonchev–Trinajstić information content (AvgIpc) is 2.84. The van der Waals surface area contributed by atoms with Gasteiger partial charge in [-0.3, -0.25) is 4.90 Å². The third-order valence-corrected chi connectivity index (χ3v) is 3.98. The Hall–Kier alpha value is -1.84. The zero-order valence-electron chi connectivity index (χ0n) is 11.8. The Morgan fingerprint density at radius 2 is 2.00 bits per heavy atom. The molecule has 0 saturated heterocycles. The summed E-state index contributed by atoms with van der Waals surface area (Å²) >= 11 is 0. The summed E-state index contributed by atoms with van der Waals surface area (Å²) in [6.07, 6.45) is 0. The fourth-order valence-electron chi connectivity index (χ4n) is 2.94. The average molecular weight is 268 g/mol. The van der Waals surface area contributed by atoms with Crippen LogP contribution in [0.3, 0.4) is 0 Å². The van der Waals surface area contributed by atoms with Gasteiger partial charge in [-0.25, -0.2) is 0 Å². The van der Waals surface area contributed by atoms with Gasteiger partial charge in [0.1, 0.15) is 5.75 Å². The van der Waals surface area contributed by atoms with Crippen LogP contribution in [0.5, 0.6) is 5.75 Å². The predicted molar refractivity (Wildman–Crippen MR) is 80.5 cm³/mol. The van der Waals surface area contributed by atoms with Crippen molar-refractivity contribution in [1.82, 2.24) is 4.90 Å². The molecule has 3 nitrogen and oxygen atoms in total. The van der Waals surface area contributed by atoms with Gasteiger partial charge in [-0.15, -0.1) is 0 Å². The van der Waals surface area contributed by atoms with Gasteiger partial charge in [0.05, 0.1) is 7.11 Å². The van der Waals surface area contributed by atoms with Crippen LogP contribution in [0.2, 0.25) is 0 Å². The number of hydrogen-bond donors (Lipinski definition) is 1. The Bertz CT molecular complexity index is 583. The van der Waals surface area contributed by atoms with Crippen LogP contribution < -0.4 is 10.5 Å². The third kappa shape index (κ3) is 2.42. The van der Waals surface area contributed by atoms with Crippen molar-refractivity contribution >= 4 is 0 Å². The number of rotatable bonds is 4. The topological polar surface area (TPSA) is 38.5 Å². The summed E-state index contributed by atoms with van der Waals surface area (Å²) < 4.78 is 5.33. The van der Waals surface area contributed by atoms with E-state index in [4.69, 9.17) is 10.5 Å². The first-order valence-electron chi connectivity index (χ1n) is 6.96. The number of ether oxygens (including phenoxy) is 1. The first kappa shape index (κ1) is 13.2. The van der Waals surface area contributed by atoms with E-state index in [0.29, 0.717) is 6.54 Å². The molecule has 1 atom stereocenters. The summed E-state index contributed by atoms with van der Waals surface area (Å²) in [4.78, 5) is 2.43. The molecule has 1 unspecified atom stereocenters. The molecule has 20 heavy (non-hydrogen) atoms. The van der Waals surface area contributed by atoms with Crippen LogP contribution >= 0.6 is 0 Å². The standard InChI is InChI=1S/C17H20N2O/c1-20-15-8-7-14-12-19(17(10-18)16(14)9-15)11-13-5-3-2-4-6-13/h2-9,17H,10-12,18H2,1H3. The van der Waals surface area contributed by atoms with E-state index in [1.54, 1.807) is 7.11 Å². The van der Waals surface area contributed by atoms with E-state index in [9.17, 15) is 0 Å². The van der Waals surface area contributed by atoms with Gasteiger partial charge in [-0.2, -0.15) is 0 Å². The minimum absolute atomic E-state index is 0.278. The first-order valence-corrected chi connectivity index (χ1v) is 6.96. The van der Waals surface area contributed by atoms with Gasteiger partial charge in [0.15, 0.2) is 0 Å². The van der Waals surface area contributed by atoms with Crippen molar-refractivity contribution in [3.05, 3.63) is 65.2 Å². The van der Waals surface area contributed by atoms with E-state index in [2.05, 4.69) is 41.3 Å². The number of fused-ring (bicyclic) bond motifs is 1. The molecular weight excluding hydrogens is 248 g/mol. The van der Waals surface area contributed by atoms with Gasteiger partial charge in [0, 0.05) is 25.7 Å². The van der Waals surface area contributed by atoms with Gasteiger partial charge in [-0.1, -0.05) is 36.4 Å². The van der Waals surface area contributed by atoms with Crippen molar-refractivity contribution in [3.8, 4) is 5.75 Å². The summed E-state index contributed by atoms with van der Waals surface area (Å²) in [5, 5.41) is 0. The molecule has 104 valence electrons. The van der Waals surface area contributed by atoms with Crippen LogP contribution in [0.15, 0.2) is 48.5 Å². The second-order valence-corrected chi connectivity index (χ2v) is 5.21. The largest absolute Gasteiger partial charge is 0.497 e. The van der Waals surface area contributed by atoms with E-state index in [1.165, 1.54) is 16.7 Å². The lowest BCUT2D eigenvalue weighted by Gasteiger charge is -2.23. The van der Waals surface area contributed by atoms with Gasteiger partial charge in [0.2, 0.25) is 0 Å². The van der Waals surface area contributed by atoms with Crippen molar-refractivity contribution < 1.29 is 4.74 Å². The van der Waals surface area contributed by atoms with Crippen molar-refractivity contribution in [2.75, 3.05) is 13.7 Å². The Morgan fingerprint density at radius 3 is 2.70 bits per heavy atom. The third-order valence-electron chi connectivity index (χ3n) is 3.98. The van der Waals surface area contributed by atoms with E-state index in [1.807, 2.05) is 12.1 Å². The molecule has 0 fully saturated rings. The van der Waals surface area contributed by atoms with Crippen molar-refractivity contribution in [2.24, 2.45) is 5.73 Å². The Balaban J connectivity index is 1.85. The fraction of sp³-hybridized carbons (Fsp3) is 0.294. The van der Waals surface area contributed by atoms with E-state index in [0.717, 1.165) is 18.8 Å². The Morgan fingerprint density at radius 1 is 1.20 bits per heavy atom. The summed E-state index contributed by atoms with van der Waals surface area (Å²) in [7, 11) is 1.70. The molecule has 2 N–H and O–H groups in total. The quantitative estimate of drug-likeness (QED) is 0.926. The fourth-order valence-corrected chi connectivity index (χ4v) is 2.94. The maximum Gasteiger partial charge on any atom is 0.119 e. The minimum Gasteiger partial charge on any atom is -0.497 e. The van der Waals surface area contributed by atoms with Gasteiger partial charge in [0.25, 0.3) is 0 Å². The lowest BCUT2D eigenvalue weighted by atomic mass is 10.0. The maximum absolute atomic E-state index is 6.00. The van der Waals surface area contributed by atoms with Crippen molar-refractivity contribution in [3.63, 3.8) is 0 Å². The second-order valence-electron chi connectivity index (χ2n) is 5.21. The monoisotopic (exact) mass is 268 g/mol. The molecular formula is C17H20N2O. The molecule has 0 bridgehead atoms. The molecule has 0 saturated carbocycles. The molecule has 0 radical (unpaired) electrons. The normalized spacial score (nSPS) is 18.0. The molecule has 0 aliphatic carbocycles. The molecule has 0 aromatic heterocycles. The Kier molecular flexibility index (Phi) is 3.72. The van der Waals surface area contributed by atoms with Gasteiger partial charge < -0.3 is 10.5 Å². The zero-order chi connectivity index (χ0) is 13.9. The van der Waals surface area contributed by atoms with Crippen LogP contribution in [0.4, 0.5) is 0 Å². The molecule has 3 rings (SSSR count). The minimum atomic E-state index is 0.278. The maximum atomic E-state index is 6.00. The summed E-state index contributed by atoms with van der Waals surface area (Å²) in [6, 6.07) is 17.1. The highest BCUT2D eigenvalue weighted by molar-refractivity contribution is 5.41. The number of nitrogens with two attached hydrogens (primary N) is 1. The highest BCUT2D eigenvalue weighted by Gasteiger charge is 2.29. The molecule has 1 aliphatic heterocycles. The number of hydrogen-bond acceptors (Lipinski definition) is 3. The lowest BCUT2D eigenvalue weighted by Crippen LogP contribution is -2.27. The van der Waals surface area contributed by atoms with E-state index < -0.39 is 0 Å². The highest BCUT2D eigenvalue weighted by Crippen LogP contribution is 2.36. The number of nitrogens with zero attached hydrogens (tertiary/aromatic N) is 1. The lowest BCUT2D eigenvalue weighted by molar-refractivity contribution is 0.211. The van der Waals surface area contributed by atoms with E-state index in [-0.39, 0.29) is 6.04 Å². The predicted octanol–water partition coefficient (Wildman–Crippen LogP) is 2.71. The highest BCUT2D eigenvalue weighted by atomic mass is 16.5. The van der Waals surface area contributed by atoms with Crippen LogP contribution in [0.1, 0.15) is 22.7 Å². The smallest absolute Gasteiger partial charge is 0.119 e. The van der Waals surface area contributed by atoms with Crippen LogP contribution in [-0.4, -0.2) is 18.6 Å². The number of methoxy groups -OCH3 is 1. The van der Waals surface area contributed by atoms with Crippen LogP contribution in [0.25, 0.3) is 0 Å². The van der Waals surface area contributed by atoms with Crippen molar-refractivity contribution in [2.45, 2.75) is 19.1 Å². The second kappa shape index (κ2) is 5.65. The first-order chi connectivity index (χ1) is 9.81. The summed E-state index contributed by atoms with van der Waals surface area (Å²) in [5.74, 6) is 0.906. The molecule has 0 spiro atoms. The number of benzene rings is 2. The summed E-state index contributed by atoms with van der Waals surface area (Å²) in [5.41, 5.74) is 9.99.